The molecule has 0 bridgehead atoms. The van der Waals surface area contributed by atoms with Crippen LogP contribution in [-0.2, 0) is 18.3 Å². The minimum atomic E-state index is -3.13. The summed E-state index contributed by atoms with van der Waals surface area (Å²) in [5.41, 5.74) is 0. The Morgan fingerprint density at radius 1 is 1.31 bits per heavy atom. The minimum absolute atomic E-state index is 0.625. The van der Waals surface area contributed by atoms with Crippen LogP contribution < -0.4 is 5.20 Å². The lowest BCUT2D eigenvalue weighted by Gasteiger charge is -2.29. The molecule has 6 nitrogen and oxygen atoms in total. The molecule has 1 N–H and O–H groups in total. The van der Waals surface area contributed by atoms with Crippen molar-refractivity contribution in [2.75, 3.05) is 40.5 Å². The fraction of sp³-hybridized carbons (Fsp3) is 1.00. The zero-order valence-electron chi connectivity index (χ0n) is 7.86. The first-order valence-corrected chi connectivity index (χ1v) is 5.56. The van der Waals surface area contributed by atoms with Crippen LogP contribution >= 0.6 is 7.75 Å². The van der Waals surface area contributed by atoms with E-state index >= 15 is 0 Å². The summed E-state index contributed by atoms with van der Waals surface area (Å²) in [7, 11) is -0.439. The van der Waals surface area contributed by atoms with Crippen LogP contribution in [0, 0.1) is 0 Å². The summed E-state index contributed by atoms with van der Waals surface area (Å²) in [5, 5.41) is 4.47. The number of rotatable bonds is 4. The number of hydrazine groups is 1. The van der Waals surface area contributed by atoms with E-state index in [-0.39, 0.29) is 0 Å². The Balaban J connectivity index is 2.40. The summed E-state index contributed by atoms with van der Waals surface area (Å²) in [5.74, 6) is 0. The third kappa shape index (κ3) is 3.34. The molecule has 0 unspecified atom stereocenters. The fourth-order valence-electron chi connectivity index (χ4n) is 0.993. The van der Waals surface area contributed by atoms with Gasteiger partial charge in [-0.25, -0.2) is 9.57 Å². The van der Waals surface area contributed by atoms with E-state index in [0.29, 0.717) is 26.3 Å². The highest BCUT2D eigenvalue weighted by Gasteiger charge is 2.25. The van der Waals surface area contributed by atoms with Gasteiger partial charge in [-0.15, -0.1) is 0 Å². The normalized spacial score (nSPS) is 20.5. The van der Waals surface area contributed by atoms with Crippen molar-refractivity contribution < 1.29 is 18.3 Å². The molecule has 0 spiro atoms. The van der Waals surface area contributed by atoms with Gasteiger partial charge in [-0.1, -0.05) is 0 Å². The quantitative estimate of drug-likeness (QED) is 0.670. The predicted octanol–water partition coefficient (Wildman–Crippen LogP) is 0.224. The van der Waals surface area contributed by atoms with E-state index in [1.807, 2.05) is 0 Å². The molecule has 0 amide bonds. The molecule has 13 heavy (non-hydrogen) atoms. The Labute approximate surface area is 77.7 Å². The predicted molar refractivity (Wildman–Crippen MR) is 47.2 cm³/mol. The molecule has 1 aliphatic heterocycles. The van der Waals surface area contributed by atoms with Gasteiger partial charge in [0.2, 0.25) is 0 Å². The molecule has 1 heterocycles. The lowest BCUT2D eigenvalue weighted by molar-refractivity contribution is 0.0209. The van der Waals surface area contributed by atoms with Gasteiger partial charge in [-0.05, 0) is 0 Å². The zero-order chi connectivity index (χ0) is 9.73. The van der Waals surface area contributed by atoms with Gasteiger partial charge in [0.15, 0.2) is 0 Å². The van der Waals surface area contributed by atoms with Crippen LogP contribution in [0.25, 0.3) is 0 Å². The first-order chi connectivity index (χ1) is 6.20. The molecule has 78 valence electrons. The molecular formula is C6H15N2O4P. The third-order valence-corrected chi connectivity index (χ3v) is 3.24. The van der Waals surface area contributed by atoms with Crippen LogP contribution in [0.1, 0.15) is 0 Å². The van der Waals surface area contributed by atoms with Crippen LogP contribution in [0.15, 0.2) is 0 Å². The largest absolute Gasteiger partial charge is 0.418 e. The van der Waals surface area contributed by atoms with Crippen molar-refractivity contribution in [3.63, 3.8) is 0 Å². The van der Waals surface area contributed by atoms with Crippen LogP contribution in [0.5, 0.6) is 0 Å². The van der Waals surface area contributed by atoms with Gasteiger partial charge in [0.25, 0.3) is 0 Å². The molecule has 0 aromatic rings. The first-order valence-electron chi connectivity index (χ1n) is 4.02. The first kappa shape index (κ1) is 11.1. The maximum absolute atomic E-state index is 11.6. The second-order valence-electron chi connectivity index (χ2n) is 2.56. The van der Waals surface area contributed by atoms with Crippen molar-refractivity contribution in [1.29, 1.82) is 0 Å². The van der Waals surface area contributed by atoms with Crippen LogP contribution in [0.3, 0.4) is 0 Å². The van der Waals surface area contributed by atoms with E-state index in [4.69, 9.17) is 13.8 Å². The summed E-state index contributed by atoms with van der Waals surface area (Å²) in [6.45, 7) is 2.61. The number of hydrogen-bond donors (Lipinski definition) is 1. The van der Waals surface area contributed by atoms with Gasteiger partial charge in [0, 0.05) is 27.3 Å². The van der Waals surface area contributed by atoms with E-state index in [9.17, 15) is 4.57 Å². The van der Waals surface area contributed by atoms with Gasteiger partial charge in [0.1, 0.15) is 0 Å². The summed E-state index contributed by atoms with van der Waals surface area (Å²) in [6.07, 6.45) is 0. The topological polar surface area (TPSA) is 60.0 Å². The zero-order valence-corrected chi connectivity index (χ0v) is 8.75. The van der Waals surface area contributed by atoms with Gasteiger partial charge < -0.3 is 4.74 Å². The highest BCUT2D eigenvalue weighted by molar-refractivity contribution is 7.51. The minimum Gasteiger partial charge on any atom is -0.379 e. The van der Waals surface area contributed by atoms with E-state index in [2.05, 4.69) is 5.20 Å². The number of nitrogens with one attached hydrogen (secondary N) is 1. The Morgan fingerprint density at radius 2 is 1.85 bits per heavy atom. The van der Waals surface area contributed by atoms with Crippen LogP contribution in [0.4, 0.5) is 0 Å². The molecule has 1 rings (SSSR count). The average molecular weight is 210 g/mol. The lowest BCUT2D eigenvalue weighted by Crippen LogP contribution is -2.44. The van der Waals surface area contributed by atoms with Crippen molar-refractivity contribution >= 4 is 7.75 Å². The summed E-state index contributed by atoms with van der Waals surface area (Å²) < 4.78 is 26.2. The second-order valence-corrected chi connectivity index (χ2v) is 4.49. The third-order valence-electron chi connectivity index (χ3n) is 1.76. The summed E-state index contributed by atoms with van der Waals surface area (Å²) in [4.78, 5) is 0. The molecule has 0 atom stereocenters. The van der Waals surface area contributed by atoms with Crippen molar-refractivity contribution in [2.45, 2.75) is 0 Å². The lowest BCUT2D eigenvalue weighted by atomic mass is 10.5. The van der Waals surface area contributed by atoms with E-state index in [1.165, 1.54) is 14.2 Å². The Hall–Kier alpha value is 0.0300. The maximum atomic E-state index is 11.6. The molecule has 0 aromatic heterocycles. The van der Waals surface area contributed by atoms with Crippen LogP contribution in [0.2, 0.25) is 0 Å². The molecular weight excluding hydrogens is 195 g/mol. The summed E-state index contributed by atoms with van der Waals surface area (Å²) >= 11 is 0. The molecule has 0 aliphatic carbocycles. The number of nitrogens with zero attached hydrogens (tertiary/aromatic N) is 1. The number of morpholine rings is 1. The van der Waals surface area contributed by atoms with E-state index in [0.717, 1.165) is 0 Å². The maximum Gasteiger partial charge on any atom is 0.418 e. The van der Waals surface area contributed by atoms with Gasteiger partial charge in [-0.3, -0.25) is 9.05 Å². The highest BCUT2D eigenvalue weighted by atomic mass is 31.2. The molecule has 1 aliphatic rings. The fourth-order valence-corrected chi connectivity index (χ4v) is 1.85. The molecule has 7 heteroatoms. The molecule has 0 radical (unpaired) electrons. The molecule has 0 aromatic carbocycles. The number of ether oxygens (including phenoxy) is 1. The van der Waals surface area contributed by atoms with Crippen molar-refractivity contribution in [3.05, 3.63) is 0 Å². The molecule has 1 saturated heterocycles. The molecule has 0 saturated carbocycles. The van der Waals surface area contributed by atoms with Crippen LogP contribution in [-0.4, -0.2) is 45.5 Å². The SMILES string of the molecule is COP(=O)(NN1CCOCC1)OC. The Kier molecular flexibility index (Phi) is 4.31. The molecule has 1 fully saturated rings. The smallest absolute Gasteiger partial charge is 0.379 e. The van der Waals surface area contributed by atoms with Gasteiger partial charge >= 0.3 is 7.75 Å². The number of hydrogen-bond acceptors (Lipinski definition) is 5. The van der Waals surface area contributed by atoms with Gasteiger partial charge in [0.05, 0.1) is 13.2 Å². The summed E-state index contributed by atoms with van der Waals surface area (Å²) in [6, 6.07) is 0. The Morgan fingerprint density at radius 3 is 2.31 bits per heavy atom. The van der Waals surface area contributed by atoms with E-state index in [1.54, 1.807) is 5.01 Å². The Bertz CT molecular complexity index is 187. The second kappa shape index (κ2) is 5.05. The highest BCUT2D eigenvalue weighted by Crippen LogP contribution is 2.41. The monoisotopic (exact) mass is 210 g/mol. The van der Waals surface area contributed by atoms with Crippen molar-refractivity contribution in [1.82, 2.24) is 10.2 Å². The van der Waals surface area contributed by atoms with Crippen molar-refractivity contribution in [3.8, 4) is 0 Å². The van der Waals surface area contributed by atoms with E-state index < -0.39 is 7.75 Å². The average Bonchev–Trinajstić information content (AvgIpc) is 2.19. The standard InChI is InChI=1S/C6H15N2O4P/c1-10-13(9,11-2)7-8-3-5-12-6-4-8/h3-6H2,1-2H3,(H,7,9). The van der Waals surface area contributed by atoms with Crippen molar-refractivity contribution in [2.24, 2.45) is 0 Å². The van der Waals surface area contributed by atoms with Gasteiger partial charge in [-0.2, -0.15) is 5.20 Å².